The Bertz CT molecular complexity index is 682. The molecule has 1 aromatic carbocycles. The van der Waals surface area contributed by atoms with Gasteiger partial charge in [0.25, 0.3) is 0 Å². The zero-order chi connectivity index (χ0) is 14.8. The minimum Gasteiger partial charge on any atom is -0.399 e. The number of nitrogen functional groups attached to an aromatic ring is 1. The van der Waals surface area contributed by atoms with Crippen molar-refractivity contribution >= 4 is 21.4 Å². The number of rotatable bonds is 5. The molecule has 0 fully saturated rings. The molecule has 1 atom stereocenters. The van der Waals surface area contributed by atoms with Crippen molar-refractivity contribution in [1.82, 2.24) is 9.55 Å². The van der Waals surface area contributed by atoms with Gasteiger partial charge in [0, 0.05) is 36.4 Å². The van der Waals surface area contributed by atoms with Crippen LogP contribution >= 0.6 is 0 Å². The molecule has 1 unspecified atom stereocenters. The van der Waals surface area contributed by atoms with Gasteiger partial charge in [0.2, 0.25) is 10.0 Å². The van der Waals surface area contributed by atoms with Crippen LogP contribution in [0, 0.1) is 0 Å². The minimum atomic E-state index is -3.77. The second kappa shape index (κ2) is 5.51. The number of anilines is 2. The molecule has 0 aliphatic rings. The molecule has 2 aromatic rings. The maximum atomic E-state index is 11.4. The zero-order valence-corrected chi connectivity index (χ0v) is 11.8. The molecule has 1 heterocycles. The standard InChI is InChI=1S/C12H17N5O2S/c1-9(7-17-3-2-15-8-17)16-11-4-10(13)5-12(6-11)20(14,18)19/h2-6,8-9,16H,7,13H2,1H3,(H2,14,18,19). The lowest BCUT2D eigenvalue weighted by Gasteiger charge is -2.16. The van der Waals surface area contributed by atoms with E-state index in [1.54, 1.807) is 18.6 Å². The maximum Gasteiger partial charge on any atom is 0.238 e. The van der Waals surface area contributed by atoms with Crippen LogP contribution in [-0.4, -0.2) is 24.0 Å². The van der Waals surface area contributed by atoms with E-state index >= 15 is 0 Å². The average molecular weight is 295 g/mol. The fraction of sp³-hybridized carbons (Fsp3) is 0.250. The van der Waals surface area contributed by atoms with Crippen molar-refractivity contribution in [1.29, 1.82) is 0 Å². The van der Waals surface area contributed by atoms with Crippen molar-refractivity contribution < 1.29 is 8.42 Å². The number of primary sulfonamides is 1. The van der Waals surface area contributed by atoms with E-state index in [0.29, 0.717) is 17.9 Å². The Kier molecular flexibility index (Phi) is 3.96. The molecule has 0 aliphatic heterocycles. The fourth-order valence-corrected chi connectivity index (χ4v) is 2.50. The van der Waals surface area contributed by atoms with E-state index in [4.69, 9.17) is 10.9 Å². The zero-order valence-electron chi connectivity index (χ0n) is 11.0. The maximum absolute atomic E-state index is 11.4. The molecule has 8 heteroatoms. The van der Waals surface area contributed by atoms with E-state index in [9.17, 15) is 8.42 Å². The summed E-state index contributed by atoms with van der Waals surface area (Å²) in [5.41, 5.74) is 6.65. The predicted molar refractivity (Wildman–Crippen MR) is 77.5 cm³/mol. The lowest BCUT2D eigenvalue weighted by atomic mass is 10.2. The van der Waals surface area contributed by atoms with E-state index in [1.165, 1.54) is 12.1 Å². The number of nitrogens with zero attached hydrogens (tertiary/aromatic N) is 2. The number of hydrogen-bond donors (Lipinski definition) is 3. The lowest BCUT2D eigenvalue weighted by molar-refractivity contribution is 0.597. The monoisotopic (exact) mass is 295 g/mol. The van der Waals surface area contributed by atoms with Gasteiger partial charge in [-0.25, -0.2) is 18.5 Å². The third kappa shape index (κ3) is 3.72. The highest BCUT2D eigenvalue weighted by Gasteiger charge is 2.11. The van der Waals surface area contributed by atoms with Gasteiger partial charge < -0.3 is 15.6 Å². The molecule has 0 aliphatic carbocycles. The molecule has 0 saturated heterocycles. The molecule has 0 amide bonds. The Balaban J connectivity index is 2.15. The van der Waals surface area contributed by atoms with Gasteiger partial charge in [-0.15, -0.1) is 0 Å². The molecule has 108 valence electrons. The SMILES string of the molecule is CC(Cn1ccnc1)Nc1cc(N)cc(S(N)(=O)=O)c1. The second-order valence-electron chi connectivity index (χ2n) is 4.64. The first-order valence-corrected chi connectivity index (χ1v) is 7.55. The first-order chi connectivity index (χ1) is 9.34. The summed E-state index contributed by atoms with van der Waals surface area (Å²) < 4.78 is 24.6. The quantitative estimate of drug-likeness (QED) is 0.699. The third-order valence-corrected chi connectivity index (χ3v) is 3.61. The number of nitrogens with two attached hydrogens (primary N) is 2. The Labute approximate surface area is 117 Å². The van der Waals surface area contributed by atoms with Gasteiger partial charge in [-0.05, 0) is 25.1 Å². The van der Waals surface area contributed by atoms with Crippen LogP contribution in [0.4, 0.5) is 11.4 Å². The second-order valence-corrected chi connectivity index (χ2v) is 6.20. The largest absolute Gasteiger partial charge is 0.399 e. The van der Waals surface area contributed by atoms with Gasteiger partial charge in [-0.3, -0.25) is 0 Å². The third-order valence-electron chi connectivity index (χ3n) is 2.71. The number of imidazole rings is 1. The number of nitrogens with one attached hydrogen (secondary N) is 1. The van der Waals surface area contributed by atoms with Crippen LogP contribution in [-0.2, 0) is 16.6 Å². The van der Waals surface area contributed by atoms with Crippen molar-refractivity contribution in [3.05, 3.63) is 36.9 Å². The summed E-state index contributed by atoms with van der Waals surface area (Å²) >= 11 is 0. The number of benzene rings is 1. The summed E-state index contributed by atoms with van der Waals surface area (Å²) in [6.07, 6.45) is 5.27. The van der Waals surface area contributed by atoms with Crippen molar-refractivity contribution in [3.63, 3.8) is 0 Å². The summed E-state index contributed by atoms with van der Waals surface area (Å²) in [5, 5.41) is 8.30. The number of aromatic nitrogens is 2. The molecule has 0 radical (unpaired) electrons. The summed E-state index contributed by atoms with van der Waals surface area (Å²) in [6, 6.07) is 4.54. The van der Waals surface area contributed by atoms with Crippen molar-refractivity contribution in [2.45, 2.75) is 24.4 Å². The molecule has 0 bridgehead atoms. The first kappa shape index (κ1) is 14.4. The Morgan fingerprint density at radius 2 is 2.15 bits per heavy atom. The summed E-state index contributed by atoms with van der Waals surface area (Å²) in [7, 11) is -3.77. The molecule has 5 N–H and O–H groups in total. The van der Waals surface area contributed by atoms with E-state index in [1.807, 2.05) is 17.7 Å². The molecule has 20 heavy (non-hydrogen) atoms. The van der Waals surface area contributed by atoms with Gasteiger partial charge in [0.15, 0.2) is 0 Å². The molecule has 2 rings (SSSR count). The highest BCUT2D eigenvalue weighted by Crippen LogP contribution is 2.20. The van der Waals surface area contributed by atoms with Gasteiger partial charge in [0.05, 0.1) is 11.2 Å². The predicted octanol–water partition coefficient (Wildman–Crippen LogP) is 0.613. The van der Waals surface area contributed by atoms with Crippen LogP contribution < -0.4 is 16.2 Å². The van der Waals surface area contributed by atoms with Gasteiger partial charge in [0.1, 0.15) is 0 Å². The molecule has 0 spiro atoms. The molecular weight excluding hydrogens is 278 g/mol. The van der Waals surface area contributed by atoms with E-state index in [0.717, 1.165) is 0 Å². The van der Waals surface area contributed by atoms with Gasteiger partial charge in [-0.1, -0.05) is 0 Å². The highest BCUT2D eigenvalue weighted by atomic mass is 32.2. The molecule has 0 saturated carbocycles. The normalized spacial score (nSPS) is 13.1. The highest BCUT2D eigenvalue weighted by molar-refractivity contribution is 7.89. The molecular formula is C12H17N5O2S. The Morgan fingerprint density at radius 3 is 2.75 bits per heavy atom. The number of hydrogen-bond acceptors (Lipinski definition) is 5. The smallest absolute Gasteiger partial charge is 0.238 e. The van der Waals surface area contributed by atoms with E-state index in [-0.39, 0.29) is 10.9 Å². The van der Waals surface area contributed by atoms with Crippen LogP contribution in [0.3, 0.4) is 0 Å². The van der Waals surface area contributed by atoms with E-state index < -0.39 is 10.0 Å². The van der Waals surface area contributed by atoms with Crippen LogP contribution in [0.5, 0.6) is 0 Å². The molecule has 1 aromatic heterocycles. The minimum absolute atomic E-state index is 0.00479. The van der Waals surface area contributed by atoms with Crippen LogP contribution in [0.1, 0.15) is 6.92 Å². The van der Waals surface area contributed by atoms with Crippen molar-refractivity contribution in [2.75, 3.05) is 11.1 Å². The first-order valence-electron chi connectivity index (χ1n) is 6.00. The van der Waals surface area contributed by atoms with Crippen LogP contribution in [0.25, 0.3) is 0 Å². The molecule has 7 nitrogen and oxygen atoms in total. The summed E-state index contributed by atoms with van der Waals surface area (Å²) in [4.78, 5) is 3.96. The Morgan fingerprint density at radius 1 is 1.40 bits per heavy atom. The van der Waals surface area contributed by atoms with Gasteiger partial charge in [-0.2, -0.15) is 0 Å². The van der Waals surface area contributed by atoms with Crippen molar-refractivity contribution in [3.8, 4) is 0 Å². The summed E-state index contributed by atoms with van der Waals surface area (Å²) in [5.74, 6) is 0. The topological polar surface area (TPSA) is 116 Å². The average Bonchev–Trinajstić information content (AvgIpc) is 2.79. The fourth-order valence-electron chi connectivity index (χ4n) is 1.91. The van der Waals surface area contributed by atoms with Crippen LogP contribution in [0.2, 0.25) is 0 Å². The van der Waals surface area contributed by atoms with E-state index in [2.05, 4.69) is 10.3 Å². The lowest BCUT2D eigenvalue weighted by Crippen LogP contribution is -2.22. The van der Waals surface area contributed by atoms with Crippen LogP contribution in [0.15, 0.2) is 41.8 Å². The number of sulfonamides is 1. The summed E-state index contributed by atoms with van der Waals surface area (Å²) in [6.45, 7) is 2.67. The Hall–Kier alpha value is -2.06. The van der Waals surface area contributed by atoms with Crippen molar-refractivity contribution in [2.24, 2.45) is 5.14 Å². The van der Waals surface area contributed by atoms with Gasteiger partial charge >= 0.3 is 0 Å².